The largest absolute Gasteiger partial charge is 0.464 e. The molecule has 17 heavy (non-hydrogen) atoms. The van der Waals surface area contributed by atoms with Gasteiger partial charge in [0.25, 0.3) is 0 Å². The van der Waals surface area contributed by atoms with Gasteiger partial charge in [0.05, 0.1) is 12.8 Å². The Balaban J connectivity index is 2.44. The smallest absolute Gasteiger partial charge is 0.356 e. The van der Waals surface area contributed by atoms with Crippen LogP contribution in [0, 0.1) is 4.77 Å². The maximum Gasteiger partial charge on any atom is 0.356 e. The number of aromatic amines is 1. The monoisotopic (exact) mass is 268 g/mol. The number of nitrogens with one attached hydrogen (secondary N) is 1. The van der Waals surface area contributed by atoms with Crippen LogP contribution in [0.25, 0.3) is 0 Å². The second kappa shape index (κ2) is 4.85. The third-order valence-corrected chi connectivity index (χ3v) is 3.79. The fraction of sp³-hybridized carbons (Fsp3) is 0.273. The molecule has 2 aromatic rings. The van der Waals surface area contributed by atoms with Gasteiger partial charge in [0, 0.05) is 18.3 Å². The molecule has 0 radical (unpaired) electrons. The number of carbonyl (C=O) groups is 1. The van der Waals surface area contributed by atoms with E-state index in [1.54, 1.807) is 15.9 Å². The number of aromatic nitrogens is 2. The van der Waals surface area contributed by atoms with Gasteiger partial charge in [0.2, 0.25) is 0 Å². The SMILES string of the molecule is COC(=O)c1[nH]c(=S)n(C)c1Cc1cccs1. The molecule has 0 unspecified atom stereocenters. The number of H-pyrrole nitrogens is 1. The molecule has 2 rings (SSSR count). The summed E-state index contributed by atoms with van der Waals surface area (Å²) in [5, 5.41) is 2.01. The molecule has 0 fully saturated rings. The van der Waals surface area contributed by atoms with E-state index < -0.39 is 0 Å². The first-order chi connectivity index (χ1) is 8.13. The molecular formula is C11H12N2O2S2. The van der Waals surface area contributed by atoms with Gasteiger partial charge in [0.15, 0.2) is 4.77 Å². The number of rotatable bonds is 3. The van der Waals surface area contributed by atoms with Crippen molar-refractivity contribution in [3.63, 3.8) is 0 Å². The molecule has 0 aliphatic rings. The van der Waals surface area contributed by atoms with Crippen LogP contribution in [-0.2, 0) is 18.2 Å². The number of hydrogen-bond acceptors (Lipinski definition) is 4. The fourth-order valence-corrected chi connectivity index (χ4v) is 2.53. The molecule has 0 saturated carbocycles. The van der Waals surface area contributed by atoms with Crippen molar-refractivity contribution in [1.29, 1.82) is 0 Å². The van der Waals surface area contributed by atoms with Crippen molar-refractivity contribution in [3.05, 3.63) is 38.5 Å². The summed E-state index contributed by atoms with van der Waals surface area (Å²) in [4.78, 5) is 15.7. The molecule has 2 aromatic heterocycles. The Morgan fingerprint density at radius 3 is 3.00 bits per heavy atom. The zero-order chi connectivity index (χ0) is 12.4. The van der Waals surface area contributed by atoms with Crippen molar-refractivity contribution in [2.24, 2.45) is 7.05 Å². The van der Waals surface area contributed by atoms with E-state index in [-0.39, 0.29) is 5.97 Å². The van der Waals surface area contributed by atoms with Crippen LogP contribution < -0.4 is 0 Å². The van der Waals surface area contributed by atoms with Crippen LogP contribution in [0.1, 0.15) is 21.1 Å². The van der Waals surface area contributed by atoms with Crippen molar-refractivity contribution in [1.82, 2.24) is 9.55 Å². The predicted molar refractivity (Wildman–Crippen MR) is 69.1 cm³/mol. The van der Waals surface area contributed by atoms with Gasteiger partial charge in [-0.3, -0.25) is 0 Å². The Hall–Kier alpha value is -1.40. The molecule has 0 spiro atoms. The van der Waals surface area contributed by atoms with Crippen LogP contribution in [0.3, 0.4) is 0 Å². The van der Waals surface area contributed by atoms with Crippen molar-refractivity contribution >= 4 is 29.5 Å². The van der Waals surface area contributed by atoms with Gasteiger partial charge in [-0.25, -0.2) is 4.79 Å². The van der Waals surface area contributed by atoms with Gasteiger partial charge in [-0.15, -0.1) is 11.3 Å². The van der Waals surface area contributed by atoms with Crippen LogP contribution in [-0.4, -0.2) is 22.6 Å². The molecule has 4 nitrogen and oxygen atoms in total. The maximum absolute atomic E-state index is 11.6. The summed E-state index contributed by atoms with van der Waals surface area (Å²) in [7, 11) is 3.20. The van der Waals surface area contributed by atoms with Crippen molar-refractivity contribution in [3.8, 4) is 0 Å². The highest BCUT2D eigenvalue weighted by molar-refractivity contribution is 7.71. The lowest BCUT2D eigenvalue weighted by Gasteiger charge is -2.03. The minimum absolute atomic E-state index is 0.386. The van der Waals surface area contributed by atoms with Gasteiger partial charge in [-0.05, 0) is 23.7 Å². The zero-order valence-electron chi connectivity index (χ0n) is 9.52. The van der Waals surface area contributed by atoms with E-state index in [0.717, 1.165) is 5.69 Å². The molecule has 0 atom stereocenters. The average Bonchev–Trinajstić information content (AvgIpc) is 2.92. The summed E-state index contributed by atoms with van der Waals surface area (Å²) in [6.45, 7) is 0. The number of nitrogens with zero attached hydrogens (tertiary/aromatic N) is 1. The van der Waals surface area contributed by atoms with Gasteiger partial charge in [-0.1, -0.05) is 6.07 Å². The molecule has 6 heteroatoms. The second-order valence-corrected chi connectivity index (χ2v) is 4.98. The number of esters is 1. The third kappa shape index (κ3) is 2.32. The number of thiophene rings is 1. The lowest BCUT2D eigenvalue weighted by Crippen LogP contribution is -2.07. The van der Waals surface area contributed by atoms with Gasteiger partial charge >= 0.3 is 5.97 Å². The molecule has 1 N–H and O–H groups in total. The average molecular weight is 268 g/mol. The number of carbonyl (C=O) groups excluding carboxylic acids is 1. The maximum atomic E-state index is 11.6. The first-order valence-electron chi connectivity index (χ1n) is 5.02. The molecular weight excluding hydrogens is 256 g/mol. The topological polar surface area (TPSA) is 47.0 Å². The summed E-state index contributed by atoms with van der Waals surface area (Å²) in [6, 6.07) is 4.01. The van der Waals surface area contributed by atoms with E-state index in [4.69, 9.17) is 17.0 Å². The first-order valence-corrected chi connectivity index (χ1v) is 6.31. The molecule has 0 bridgehead atoms. The van der Waals surface area contributed by atoms with Gasteiger partial charge in [-0.2, -0.15) is 0 Å². The Kier molecular flexibility index (Phi) is 3.44. The fourth-order valence-electron chi connectivity index (χ4n) is 1.61. The van der Waals surface area contributed by atoms with Crippen LogP contribution in [0.5, 0.6) is 0 Å². The van der Waals surface area contributed by atoms with E-state index in [2.05, 4.69) is 4.98 Å². The highest BCUT2D eigenvalue weighted by Crippen LogP contribution is 2.18. The van der Waals surface area contributed by atoms with Crippen molar-refractivity contribution in [2.45, 2.75) is 6.42 Å². The summed E-state index contributed by atoms with van der Waals surface area (Å²) in [5.41, 5.74) is 1.29. The Bertz CT molecular complexity index is 581. The lowest BCUT2D eigenvalue weighted by atomic mass is 10.2. The van der Waals surface area contributed by atoms with E-state index in [9.17, 15) is 4.79 Å². The Morgan fingerprint density at radius 1 is 1.65 bits per heavy atom. The number of imidazole rings is 1. The minimum atomic E-state index is -0.386. The van der Waals surface area contributed by atoms with Crippen LogP contribution in [0.2, 0.25) is 0 Å². The van der Waals surface area contributed by atoms with E-state index >= 15 is 0 Å². The van der Waals surface area contributed by atoms with Crippen molar-refractivity contribution in [2.75, 3.05) is 7.11 Å². The number of hydrogen-bond donors (Lipinski definition) is 1. The molecule has 0 saturated heterocycles. The van der Waals surface area contributed by atoms with Crippen LogP contribution >= 0.6 is 23.6 Å². The molecule has 0 aliphatic carbocycles. The quantitative estimate of drug-likeness (QED) is 0.687. The first kappa shape index (κ1) is 12.1. The second-order valence-electron chi connectivity index (χ2n) is 3.56. The molecule has 90 valence electrons. The summed E-state index contributed by atoms with van der Waals surface area (Å²) in [5.74, 6) is -0.386. The number of methoxy groups -OCH3 is 1. The molecule has 0 aliphatic heterocycles. The lowest BCUT2D eigenvalue weighted by molar-refractivity contribution is 0.0593. The Labute approximate surface area is 108 Å². The summed E-state index contributed by atoms with van der Waals surface area (Å²) < 4.78 is 7.07. The normalized spacial score (nSPS) is 10.5. The minimum Gasteiger partial charge on any atom is -0.464 e. The summed E-state index contributed by atoms with van der Waals surface area (Å²) in [6.07, 6.45) is 0.672. The summed E-state index contributed by atoms with van der Waals surface area (Å²) >= 11 is 6.78. The molecule has 2 heterocycles. The van der Waals surface area contributed by atoms with Crippen LogP contribution in [0.4, 0.5) is 0 Å². The highest BCUT2D eigenvalue weighted by Gasteiger charge is 2.17. The third-order valence-electron chi connectivity index (χ3n) is 2.54. The van der Waals surface area contributed by atoms with E-state index in [1.807, 2.05) is 24.6 Å². The van der Waals surface area contributed by atoms with Gasteiger partial charge in [0.1, 0.15) is 5.69 Å². The van der Waals surface area contributed by atoms with Gasteiger partial charge < -0.3 is 14.3 Å². The number of ether oxygens (including phenoxy) is 1. The molecule has 0 amide bonds. The van der Waals surface area contributed by atoms with Crippen LogP contribution in [0.15, 0.2) is 17.5 Å². The van der Waals surface area contributed by atoms with E-state index in [1.165, 1.54) is 12.0 Å². The predicted octanol–water partition coefficient (Wildman–Crippen LogP) is 2.52. The molecule has 0 aromatic carbocycles. The zero-order valence-corrected chi connectivity index (χ0v) is 11.2. The van der Waals surface area contributed by atoms with E-state index in [0.29, 0.717) is 16.9 Å². The highest BCUT2D eigenvalue weighted by atomic mass is 32.1. The van der Waals surface area contributed by atoms with Crippen molar-refractivity contribution < 1.29 is 9.53 Å². The Morgan fingerprint density at radius 2 is 2.41 bits per heavy atom. The standard InChI is InChI=1S/C11H12N2O2S2/c1-13-8(6-7-4-3-5-17-7)9(10(14)15-2)12-11(13)16/h3-5H,6H2,1-2H3,(H,12,16).